The fourth-order valence-corrected chi connectivity index (χ4v) is 3.14. The molecule has 0 radical (unpaired) electrons. The second kappa shape index (κ2) is 7.99. The Morgan fingerprint density at radius 1 is 1.36 bits per heavy atom. The molecule has 0 saturated carbocycles. The first-order valence-corrected chi connectivity index (χ1v) is 9.10. The first kappa shape index (κ1) is 19.8. The molecular formula is C21H19ClFN3O2. The summed E-state index contributed by atoms with van der Waals surface area (Å²) in [5.41, 5.74) is 1.83. The van der Waals surface area contributed by atoms with Crippen LogP contribution < -0.4 is 4.90 Å². The van der Waals surface area contributed by atoms with Crippen LogP contribution in [0.3, 0.4) is 0 Å². The van der Waals surface area contributed by atoms with Crippen molar-refractivity contribution < 1.29 is 14.0 Å². The number of nitriles is 1. The first-order chi connectivity index (χ1) is 13.3. The van der Waals surface area contributed by atoms with Gasteiger partial charge in [-0.2, -0.15) is 5.26 Å². The van der Waals surface area contributed by atoms with E-state index < -0.39 is 11.7 Å². The number of anilines is 1. The molecule has 5 nitrogen and oxygen atoms in total. The molecule has 1 atom stereocenters. The molecule has 1 unspecified atom stereocenters. The van der Waals surface area contributed by atoms with Gasteiger partial charge in [-0.1, -0.05) is 35.0 Å². The van der Waals surface area contributed by atoms with Crippen LogP contribution in [0.5, 0.6) is 0 Å². The summed E-state index contributed by atoms with van der Waals surface area (Å²) < 4.78 is 13.0. The number of hydrogen-bond donors (Lipinski definition) is 0. The van der Waals surface area contributed by atoms with Gasteiger partial charge < -0.3 is 9.74 Å². The lowest BCUT2D eigenvalue weighted by atomic mass is 9.82. The van der Waals surface area contributed by atoms with Crippen LogP contribution in [0, 0.1) is 22.6 Å². The Morgan fingerprint density at radius 2 is 2.07 bits per heavy atom. The van der Waals surface area contributed by atoms with Gasteiger partial charge in [-0.15, -0.1) is 0 Å². The predicted octanol–water partition coefficient (Wildman–Crippen LogP) is 4.66. The molecule has 144 valence electrons. The highest BCUT2D eigenvalue weighted by Gasteiger charge is 2.44. The number of benzene rings is 2. The zero-order valence-electron chi connectivity index (χ0n) is 15.5. The van der Waals surface area contributed by atoms with E-state index in [0.717, 1.165) is 11.3 Å². The van der Waals surface area contributed by atoms with Crippen molar-refractivity contribution in [2.75, 3.05) is 11.4 Å². The van der Waals surface area contributed by atoms with Gasteiger partial charge in [0.25, 0.3) is 0 Å². The summed E-state index contributed by atoms with van der Waals surface area (Å²) in [6.45, 7) is 4.58. The van der Waals surface area contributed by atoms with Crippen molar-refractivity contribution in [3.8, 4) is 6.07 Å². The molecule has 0 aromatic heterocycles. The number of oxime groups is 1. The van der Waals surface area contributed by atoms with Crippen LogP contribution >= 0.6 is 11.6 Å². The van der Waals surface area contributed by atoms with Crippen molar-refractivity contribution in [1.29, 1.82) is 5.26 Å². The van der Waals surface area contributed by atoms with E-state index in [1.165, 1.54) is 24.4 Å². The second-order valence-electron chi connectivity index (χ2n) is 7.24. The molecule has 1 amide bonds. The summed E-state index contributed by atoms with van der Waals surface area (Å²) in [5, 5.41) is 13.5. The molecule has 1 aliphatic rings. The van der Waals surface area contributed by atoms with E-state index in [4.69, 9.17) is 16.4 Å². The monoisotopic (exact) mass is 399 g/mol. The lowest BCUT2D eigenvalue weighted by Gasteiger charge is -2.44. The quantitative estimate of drug-likeness (QED) is 0.403. The van der Waals surface area contributed by atoms with Crippen molar-refractivity contribution in [3.63, 3.8) is 0 Å². The summed E-state index contributed by atoms with van der Waals surface area (Å²) >= 11 is 5.93. The molecule has 7 heteroatoms. The molecule has 2 aromatic rings. The van der Waals surface area contributed by atoms with Gasteiger partial charge >= 0.3 is 0 Å². The summed E-state index contributed by atoms with van der Waals surface area (Å²) in [4.78, 5) is 19.0. The highest BCUT2D eigenvalue weighted by Crippen LogP contribution is 2.35. The third-order valence-electron chi connectivity index (χ3n) is 4.60. The van der Waals surface area contributed by atoms with Crippen LogP contribution in [-0.2, 0) is 16.2 Å². The Morgan fingerprint density at radius 3 is 2.64 bits per heavy atom. The third-order valence-corrected chi connectivity index (χ3v) is 4.95. The van der Waals surface area contributed by atoms with Crippen LogP contribution in [0.15, 0.2) is 47.6 Å². The highest BCUT2D eigenvalue weighted by molar-refractivity contribution is 6.31. The number of halogens is 2. The molecule has 0 aliphatic carbocycles. The highest BCUT2D eigenvalue weighted by atomic mass is 35.5. The molecule has 1 heterocycles. The van der Waals surface area contributed by atoms with Crippen molar-refractivity contribution in [1.82, 2.24) is 0 Å². The second-order valence-corrected chi connectivity index (χ2v) is 7.64. The average Bonchev–Trinajstić information content (AvgIpc) is 2.68. The molecule has 2 aromatic carbocycles. The maximum absolute atomic E-state index is 13.0. The van der Waals surface area contributed by atoms with E-state index >= 15 is 0 Å². The van der Waals surface area contributed by atoms with E-state index in [1.807, 2.05) is 26.0 Å². The summed E-state index contributed by atoms with van der Waals surface area (Å²) in [6, 6.07) is 13.4. The zero-order valence-corrected chi connectivity index (χ0v) is 16.3. The van der Waals surface area contributed by atoms with Crippen LogP contribution in [0.1, 0.15) is 30.9 Å². The lowest BCUT2D eigenvalue weighted by Crippen LogP contribution is -2.58. The minimum Gasteiger partial charge on any atom is -0.391 e. The number of rotatable bonds is 6. The lowest BCUT2D eigenvalue weighted by molar-refractivity contribution is -0.132. The van der Waals surface area contributed by atoms with Gasteiger partial charge in [0.2, 0.25) is 5.91 Å². The van der Waals surface area contributed by atoms with Crippen LogP contribution in [0.2, 0.25) is 5.02 Å². The van der Waals surface area contributed by atoms with E-state index in [2.05, 4.69) is 11.2 Å². The van der Waals surface area contributed by atoms with Gasteiger partial charge in [0, 0.05) is 17.8 Å². The standard InChI is InChI=1S/C21H19ClFN3O2/c1-21(2)13-26(20(21)27)18-7-4-14(5-8-18)16(10-24)11-25-28-12-15-3-6-17(23)9-19(15)22/h3-9,11,16H,12-13H2,1-2H3. The van der Waals surface area contributed by atoms with E-state index in [9.17, 15) is 14.4 Å². The number of carbonyl (C=O) groups excluding carboxylic acids is 1. The molecule has 0 N–H and O–H groups in total. The molecule has 3 rings (SSSR count). The Hall–Kier alpha value is -2.91. The molecule has 0 bridgehead atoms. The first-order valence-electron chi connectivity index (χ1n) is 8.73. The Kier molecular flexibility index (Phi) is 5.66. The van der Waals surface area contributed by atoms with Crippen LogP contribution in [0.25, 0.3) is 0 Å². The molecule has 1 aliphatic heterocycles. The molecule has 28 heavy (non-hydrogen) atoms. The fraction of sp³-hybridized carbons (Fsp3) is 0.286. The molecule has 1 fully saturated rings. The summed E-state index contributed by atoms with van der Waals surface area (Å²) in [6.07, 6.45) is 1.39. The number of carbonyl (C=O) groups is 1. The van der Waals surface area contributed by atoms with Crippen molar-refractivity contribution in [2.45, 2.75) is 26.4 Å². The van der Waals surface area contributed by atoms with E-state index in [1.54, 1.807) is 17.0 Å². The van der Waals surface area contributed by atoms with Crippen LogP contribution in [-0.4, -0.2) is 18.7 Å². The maximum atomic E-state index is 13.0. The van der Waals surface area contributed by atoms with Gasteiger partial charge in [-0.3, -0.25) is 4.79 Å². The summed E-state index contributed by atoms with van der Waals surface area (Å²) in [7, 11) is 0. The number of β-lactam (4-membered cyclic amide) rings is 1. The number of nitrogens with zero attached hydrogens (tertiary/aromatic N) is 3. The van der Waals surface area contributed by atoms with Crippen molar-refractivity contribution in [3.05, 3.63) is 64.4 Å². The molecule has 1 saturated heterocycles. The largest absolute Gasteiger partial charge is 0.391 e. The number of hydrogen-bond acceptors (Lipinski definition) is 4. The maximum Gasteiger partial charge on any atom is 0.234 e. The van der Waals surface area contributed by atoms with Gasteiger partial charge in [-0.25, -0.2) is 4.39 Å². The van der Waals surface area contributed by atoms with Gasteiger partial charge in [-0.05, 0) is 43.7 Å². The smallest absolute Gasteiger partial charge is 0.234 e. The van der Waals surface area contributed by atoms with E-state index in [-0.39, 0.29) is 23.0 Å². The zero-order chi connectivity index (χ0) is 20.3. The number of amides is 1. The molecular weight excluding hydrogens is 381 g/mol. The Bertz CT molecular complexity index is 951. The predicted molar refractivity (Wildman–Crippen MR) is 106 cm³/mol. The van der Waals surface area contributed by atoms with Crippen LogP contribution in [0.4, 0.5) is 10.1 Å². The van der Waals surface area contributed by atoms with Crippen molar-refractivity contribution in [2.24, 2.45) is 10.6 Å². The van der Waals surface area contributed by atoms with Crippen molar-refractivity contribution >= 4 is 29.4 Å². The molecule has 0 spiro atoms. The fourth-order valence-electron chi connectivity index (χ4n) is 2.92. The normalized spacial score (nSPS) is 16.5. The SMILES string of the molecule is CC1(C)CN(c2ccc(C(C#N)C=NOCc3ccc(F)cc3Cl)cc2)C1=O. The summed E-state index contributed by atoms with van der Waals surface area (Å²) in [5.74, 6) is -0.929. The average molecular weight is 400 g/mol. The van der Waals surface area contributed by atoms with Gasteiger partial charge in [0.1, 0.15) is 18.3 Å². The third kappa shape index (κ3) is 4.15. The van der Waals surface area contributed by atoms with Gasteiger partial charge in [0.05, 0.1) is 22.7 Å². The Balaban J connectivity index is 1.60. The Labute approximate surface area is 168 Å². The topological polar surface area (TPSA) is 65.7 Å². The minimum atomic E-state index is -0.596. The minimum absolute atomic E-state index is 0.0690. The van der Waals surface area contributed by atoms with E-state index in [0.29, 0.717) is 12.1 Å². The van der Waals surface area contributed by atoms with Gasteiger partial charge in [0.15, 0.2) is 0 Å².